The van der Waals surface area contributed by atoms with Crippen molar-refractivity contribution in [3.8, 4) is 0 Å². The molecule has 7 heteroatoms. The standard InChI is InChI=1S/C25H37N5O2/c1-19-10-13-30(20(2)18-27(3)4)25(32)23(19)24(31)26-22-8-6-21(7-9-22)11-12-29-16-14-28(5)15-17-29/h6-10,13,20H,11-12,14-18H2,1-5H3,(H,26,31). The van der Waals surface area contributed by atoms with Crippen LogP contribution in [0.4, 0.5) is 5.69 Å². The first-order valence-corrected chi connectivity index (χ1v) is 11.4. The van der Waals surface area contributed by atoms with Gasteiger partial charge in [0.15, 0.2) is 0 Å². The van der Waals surface area contributed by atoms with Gasteiger partial charge < -0.3 is 24.6 Å². The molecule has 0 spiro atoms. The fraction of sp³-hybridized carbons (Fsp3) is 0.520. The van der Waals surface area contributed by atoms with E-state index in [-0.39, 0.29) is 23.1 Å². The molecule has 2 aromatic rings. The zero-order chi connectivity index (χ0) is 23.3. The number of pyridine rings is 1. The molecule has 0 radical (unpaired) electrons. The summed E-state index contributed by atoms with van der Waals surface area (Å²) in [6, 6.07) is 9.77. The maximum Gasteiger partial charge on any atom is 0.263 e. The first kappa shape index (κ1) is 24.2. The molecule has 32 heavy (non-hydrogen) atoms. The second-order valence-corrected chi connectivity index (χ2v) is 9.24. The molecule has 1 aliphatic rings. The van der Waals surface area contributed by atoms with Gasteiger partial charge in [-0.05, 0) is 70.7 Å². The second kappa shape index (κ2) is 10.9. The Hall–Kier alpha value is -2.48. The number of amides is 1. The Morgan fingerprint density at radius 3 is 2.38 bits per heavy atom. The summed E-state index contributed by atoms with van der Waals surface area (Å²) in [6.45, 7) is 10.0. The highest BCUT2D eigenvalue weighted by molar-refractivity contribution is 6.05. The van der Waals surface area contributed by atoms with Crippen LogP contribution < -0.4 is 10.9 Å². The van der Waals surface area contributed by atoms with E-state index < -0.39 is 0 Å². The monoisotopic (exact) mass is 439 g/mol. The molecule has 2 heterocycles. The normalized spacial score (nSPS) is 16.3. The second-order valence-electron chi connectivity index (χ2n) is 9.24. The number of nitrogens with one attached hydrogen (secondary N) is 1. The van der Waals surface area contributed by atoms with E-state index in [0.29, 0.717) is 11.3 Å². The zero-order valence-electron chi connectivity index (χ0n) is 20.1. The Morgan fingerprint density at radius 1 is 1.09 bits per heavy atom. The Morgan fingerprint density at radius 2 is 1.75 bits per heavy atom. The molecule has 1 saturated heterocycles. The number of rotatable bonds is 8. The van der Waals surface area contributed by atoms with Gasteiger partial charge in [0.1, 0.15) is 5.56 Å². The number of anilines is 1. The van der Waals surface area contributed by atoms with Crippen molar-refractivity contribution in [1.82, 2.24) is 19.3 Å². The van der Waals surface area contributed by atoms with Gasteiger partial charge in [-0.1, -0.05) is 12.1 Å². The number of nitrogens with zero attached hydrogens (tertiary/aromatic N) is 4. The summed E-state index contributed by atoms with van der Waals surface area (Å²) in [5, 5.41) is 2.91. The minimum atomic E-state index is -0.357. The van der Waals surface area contributed by atoms with Gasteiger partial charge in [0.25, 0.3) is 11.5 Å². The topological polar surface area (TPSA) is 60.8 Å². The molecular formula is C25H37N5O2. The summed E-state index contributed by atoms with van der Waals surface area (Å²) in [7, 11) is 6.11. The number of hydrogen-bond donors (Lipinski definition) is 1. The molecule has 1 fully saturated rings. The molecule has 174 valence electrons. The fourth-order valence-electron chi connectivity index (χ4n) is 4.19. The van der Waals surface area contributed by atoms with E-state index in [2.05, 4.69) is 34.3 Å². The average molecular weight is 440 g/mol. The molecule has 1 aliphatic heterocycles. The minimum Gasteiger partial charge on any atom is -0.322 e. The number of likely N-dealkylation sites (N-methyl/N-ethyl adjacent to an activating group) is 2. The highest BCUT2D eigenvalue weighted by Gasteiger charge is 2.19. The van der Waals surface area contributed by atoms with Crippen LogP contribution in [0.15, 0.2) is 41.3 Å². The van der Waals surface area contributed by atoms with Gasteiger partial charge >= 0.3 is 0 Å². The van der Waals surface area contributed by atoms with Gasteiger partial charge in [-0.2, -0.15) is 0 Å². The Labute approximate surface area is 191 Å². The molecule has 1 amide bonds. The Bertz CT molecular complexity index is 959. The predicted molar refractivity (Wildman–Crippen MR) is 131 cm³/mol. The maximum atomic E-state index is 13.0. The third-order valence-corrected chi connectivity index (χ3v) is 6.18. The van der Waals surface area contributed by atoms with Gasteiger partial charge in [0.2, 0.25) is 0 Å². The largest absolute Gasteiger partial charge is 0.322 e. The van der Waals surface area contributed by atoms with Gasteiger partial charge in [0, 0.05) is 57.2 Å². The molecule has 0 aliphatic carbocycles. The molecule has 1 aromatic carbocycles. The molecule has 3 rings (SSSR count). The summed E-state index contributed by atoms with van der Waals surface area (Å²) in [6.07, 6.45) is 2.77. The first-order valence-electron chi connectivity index (χ1n) is 11.4. The van der Waals surface area contributed by atoms with Crippen molar-refractivity contribution in [3.63, 3.8) is 0 Å². The van der Waals surface area contributed by atoms with Crippen molar-refractivity contribution in [2.24, 2.45) is 0 Å². The van der Waals surface area contributed by atoms with Crippen LogP contribution in [0.25, 0.3) is 0 Å². The smallest absolute Gasteiger partial charge is 0.263 e. The molecule has 1 atom stereocenters. The fourth-order valence-corrected chi connectivity index (χ4v) is 4.19. The SMILES string of the molecule is Cc1ccn(C(C)CN(C)C)c(=O)c1C(=O)Nc1ccc(CCN2CCN(C)CC2)cc1. The van der Waals surface area contributed by atoms with Crippen LogP contribution in [0, 0.1) is 6.92 Å². The van der Waals surface area contributed by atoms with Crippen LogP contribution in [-0.4, -0.2) is 85.6 Å². The van der Waals surface area contributed by atoms with Crippen molar-refractivity contribution in [2.75, 3.05) is 65.7 Å². The van der Waals surface area contributed by atoms with Crippen LogP contribution >= 0.6 is 0 Å². The molecule has 1 unspecified atom stereocenters. The summed E-state index contributed by atoms with van der Waals surface area (Å²) >= 11 is 0. The summed E-state index contributed by atoms with van der Waals surface area (Å²) in [5.41, 5.74) is 2.59. The van der Waals surface area contributed by atoms with E-state index in [1.807, 2.05) is 44.1 Å². The maximum absolute atomic E-state index is 13.0. The molecule has 0 bridgehead atoms. The van der Waals surface area contributed by atoms with E-state index in [1.165, 1.54) is 5.56 Å². The number of aryl methyl sites for hydroxylation is 1. The number of piperazine rings is 1. The van der Waals surface area contributed by atoms with Gasteiger partial charge in [-0.3, -0.25) is 9.59 Å². The number of hydrogen-bond acceptors (Lipinski definition) is 5. The summed E-state index contributed by atoms with van der Waals surface area (Å²) in [4.78, 5) is 32.9. The number of carbonyl (C=O) groups excluding carboxylic acids is 1. The van der Waals surface area contributed by atoms with Gasteiger partial charge in [-0.15, -0.1) is 0 Å². The van der Waals surface area contributed by atoms with Crippen LogP contribution in [0.2, 0.25) is 0 Å². The highest BCUT2D eigenvalue weighted by Crippen LogP contribution is 2.14. The lowest BCUT2D eigenvalue weighted by atomic mass is 10.1. The van der Waals surface area contributed by atoms with E-state index in [1.54, 1.807) is 17.7 Å². The Kier molecular flexibility index (Phi) is 8.23. The van der Waals surface area contributed by atoms with E-state index in [4.69, 9.17) is 0 Å². The lowest BCUT2D eigenvalue weighted by Crippen LogP contribution is -2.45. The van der Waals surface area contributed by atoms with E-state index >= 15 is 0 Å². The number of aromatic nitrogens is 1. The molecule has 0 saturated carbocycles. The van der Waals surface area contributed by atoms with Crippen molar-refractivity contribution in [2.45, 2.75) is 26.3 Å². The van der Waals surface area contributed by atoms with Crippen molar-refractivity contribution in [1.29, 1.82) is 0 Å². The Balaban J connectivity index is 1.63. The summed E-state index contributed by atoms with van der Waals surface area (Å²) in [5.74, 6) is -0.357. The van der Waals surface area contributed by atoms with Crippen LogP contribution in [0.5, 0.6) is 0 Å². The quantitative estimate of drug-likeness (QED) is 0.684. The van der Waals surface area contributed by atoms with Crippen LogP contribution in [-0.2, 0) is 6.42 Å². The van der Waals surface area contributed by atoms with Crippen LogP contribution in [0.1, 0.15) is 34.5 Å². The third-order valence-electron chi connectivity index (χ3n) is 6.18. The van der Waals surface area contributed by atoms with Gasteiger partial charge in [-0.25, -0.2) is 0 Å². The zero-order valence-corrected chi connectivity index (χ0v) is 20.1. The molecule has 1 N–H and O–H groups in total. The van der Waals surface area contributed by atoms with Crippen LogP contribution in [0.3, 0.4) is 0 Å². The molecular weight excluding hydrogens is 402 g/mol. The lowest BCUT2D eigenvalue weighted by Gasteiger charge is -2.32. The van der Waals surface area contributed by atoms with Crippen molar-refractivity contribution >= 4 is 11.6 Å². The molecule has 7 nitrogen and oxygen atoms in total. The minimum absolute atomic E-state index is 0.0239. The van der Waals surface area contributed by atoms with E-state index in [0.717, 1.165) is 45.7 Å². The number of carbonyl (C=O) groups is 1. The average Bonchev–Trinajstić information content (AvgIpc) is 2.74. The first-order chi connectivity index (χ1) is 15.2. The van der Waals surface area contributed by atoms with E-state index in [9.17, 15) is 9.59 Å². The highest BCUT2D eigenvalue weighted by atomic mass is 16.2. The van der Waals surface area contributed by atoms with Crippen molar-refractivity contribution in [3.05, 3.63) is 63.6 Å². The molecule has 1 aromatic heterocycles. The lowest BCUT2D eigenvalue weighted by molar-refractivity contribution is 0.102. The van der Waals surface area contributed by atoms with Crippen molar-refractivity contribution < 1.29 is 4.79 Å². The predicted octanol–water partition coefficient (Wildman–Crippen LogP) is 2.32. The van der Waals surface area contributed by atoms with Gasteiger partial charge in [0.05, 0.1) is 0 Å². The summed E-state index contributed by atoms with van der Waals surface area (Å²) < 4.78 is 1.64. The number of benzene rings is 1. The third kappa shape index (κ3) is 6.28.